The van der Waals surface area contributed by atoms with Crippen LogP contribution in [0.2, 0.25) is 0 Å². The van der Waals surface area contributed by atoms with Crippen LogP contribution in [0.15, 0.2) is 22.8 Å². The molecular weight excluding hydrogens is 194 g/mol. The van der Waals surface area contributed by atoms with Crippen LogP contribution < -0.4 is 5.32 Å². The lowest BCUT2D eigenvalue weighted by Gasteiger charge is -2.14. The highest BCUT2D eigenvalue weighted by Gasteiger charge is 2.11. The van der Waals surface area contributed by atoms with Gasteiger partial charge in [-0.05, 0) is 18.6 Å². The molecule has 1 N–H and O–H groups in total. The fraction of sp³-hybridized carbons (Fsp3) is 0.545. The molecular formula is C11H17NO3. The van der Waals surface area contributed by atoms with Crippen molar-refractivity contribution >= 4 is 5.97 Å². The number of carbonyl (C=O) groups is 1. The molecule has 1 aromatic heterocycles. The Bertz CT molecular complexity index is 282. The number of nitrogens with one attached hydrogen (secondary N) is 1. The lowest BCUT2D eigenvalue weighted by Crippen LogP contribution is -2.30. The maximum Gasteiger partial charge on any atom is 0.307 e. The molecule has 0 amide bonds. The van der Waals surface area contributed by atoms with Gasteiger partial charge in [0.2, 0.25) is 0 Å². The number of rotatable bonds is 6. The minimum Gasteiger partial charge on any atom is -0.469 e. The molecule has 1 atom stereocenters. The zero-order valence-electron chi connectivity index (χ0n) is 9.16. The summed E-state index contributed by atoms with van der Waals surface area (Å²) in [6, 6.07) is 3.89. The van der Waals surface area contributed by atoms with Crippen molar-refractivity contribution < 1.29 is 13.9 Å². The van der Waals surface area contributed by atoms with Crippen LogP contribution in [0.5, 0.6) is 0 Å². The zero-order chi connectivity index (χ0) is 11.1. The van der Waals surface area contributed by atoms with Gasteiger partial charge in [-0.2, -0.15) is 0 Å². The molecule has 15 heavy (non-hydrogen) atoms. The van der Waals surface area contributed by atoms with Gasteiger partial charge < -0.3 is 14.5 Å². The Hall–Kier alpha value is -1.29. The van der Waals surface area contributed by atoms with Gasteiger partial charge in [0.1, 0.15) is 5.76 Å². The van der Waals surface area contributed by atoms with Crippen LogP contribution in [-0.4, -0.2) is 19.1 Å². The first-order valence-electron chi connectivity index (χ1n) is 5.08. The van der Waals surface area contributed by atoms with E-state index in [2.05, 4.69) is 10.1 Å². The van der Waals surface area contributed by atoms with E-state index < -0.39 is 0 Å². The second-order valence-electron chi connectivity index (χ2n) is 3.35. The number of hydrogen-bond acceptors (Lipinski definition) is 4. The molecule has 1 heterocycles. The van der Waals surface area contributed by atoms with Gasteiger partial charge in [0, 0.05) is 6.04 Å². The van der Waals surface area contributed by atoms with Crippen molar-refractivity contribution in [3.8, 4) is 0 Å². The Morgan fingerprint density at radius 1 is 1.67 bits per heavy atom. The van der Waals surface area contributed by atoms with Crippen molar-refractivity contribution in [2.45, 2.75) is 32.4 Å². The molecule has 1 unspecified atom stereocenters. The SMILES string of the molecule is CCC(CC(=O)OC)NCc1ccco1. The molecule has 0 saturated heterocycles. The third-order valence-corrected chi connectivity index (χ3v) is 2.28. The Kier molecular flexibility index (Phi) is 4.90. The third-order valence-electron chi connectivity index (χ3n) is 2.28. The van der Waals surface area contributed by atoms with Crippen LogP contribution in [0, 0.1) is 0 Å². The minimum atomic E-state index is -0.186. The summed E-state index contributed by atoms with van der Waals surface area (Å²) < 4.78 is 9.80. The summed E-state index contributed by atoms with van der Waals surface area (Å²) in [7, 11) is 1.40. The number of esters is 1. The van der Waals surface area contributed by atoms with Crippen LogP contribution in [-0.2, 0) is 16.1 Å². The maximum absolute atomic E-state index is 11.1. The van der Waals surface area contributed by atoms with Crippen molar-refractivity contribution in [2.24, 2.45) is 0 Å². The first kappa shape index (κ1) is 11.8. The lowest BCUT2D eigenvalue weighted by molar-refractivity contribution is -0.141. The molecule has 84 valence electrons. The smallest absolute Gasteiger partial charge is 0.307 e. The first-order valence-corrected chi connectivity index (χ1v) is 5.08. The molecule has 4 heteroatoms. The van der Waals surface area contributed by atoms with Gasteiger partial charge in [-0.15, -0.1) is 0 Å². The predicted octanol–water partition coefficient (Wildman–Crippen LogP) is 1.71. The minimum absolute atomic E-state index is 0.141. The summed E-state index contributed by atoms with van der Waals surface area (Å²) >= 11 is 0. The summed E-state index contributed by atoms with van der Waals surface area (Å²) in [5, 5.41) is 3.24. The first-order chi connectivity index (χ1) is 7.26. The second kappa shape index (κ2) is 6.24. The van der Waals surface area contributed by atoms with E-state index in [-0.39, 0.29) is 12.0 Å². The average molecular weight is 211 g/mol. The van der Waals surface area contributed by atoms with Crippen LogP contribution in [0.25, 0.3) is 0 Å². The van der Waals surface area contributed by atoms with E-state index in [1.54, 1.807) is 6.26 Å². The van der Waals surface area contributed by atoms with Gasteiger partial charge in [0.05, 0.1) is 26.3 Å². The molecule has 0 radical (unpaired) electrons. The van der Waals surface area contributed by atoms with E-state index in [0.29, 0.717) is 13.0 Å². The monoisotopic (exact) mass is 211 g/mol. The van der Waals surface area contributed by atoms with Crippen LogP contribution >= 0.6 is 0 Å². The van der Waals surface area contributed by atoms with Crippen LogP contribution in [0.4, 0.5) is 0 Å². The van der Waals surface area contributed by atoms with Gasteiger partial charge in [-0.1, -0.05) is 6.92 Å². The number of furan rings is 1. The normalized spacial score (nSPS) is 12.4. The molecule has 0 aliphatic heterocycles. The molecule has 0 aromatic carbocycles. The maximum atomic E-state index is 11.1. The third kappa shape index (κ3) is 4.16. The number of methoxy groups -OCH3 is 1. The highest BCUT2D eigenvalue weighted by atomic mass is 16.5. The van der Waals surface area contributed by atoms with Crippen molar-refractivity contribution in [2.75, 3.05) is 7.11 Å². The van der Waals surface area contributed by atoms with E-state index in [1.165, 1.54) is 7.11 Å². The highest BCUT2D eigenvalue weighted by Crippen LogP contribution is 2.03. The van der Waals surface area contributed by atoms with Crippen molar-refractivity contribution in [1.82, 2.24) is 5.32 Å². The topological polar surface area (TPSA) is 51.5 Å². The predicted molar refractivity (Wildman–Crippen MR) is 56.3 cm³/mol. The molecule has 1 rings (SSSR count). The van der Waals surface area contributed by atoms with Gasteiger partial charge in [0.25, 0.3) is 0 Å². The molecule has 0 spiro atoms. The highest BCUT2D eigenvalue weighted by molar-refractivity contribution is 5.69. The number of carbonyl (C=O) groups excluding carboxylic acids is 1. The Labute approximate surface area is 89.6 Å². The summed E-state index contributed by atoms with van der Waals surface area (Å²) in [5.41, 5.74) is 0. The summed E-state index contributed by atoms with van der Waals surface area (Å²) in [6.45, 7) is 2.67. The summed E-state index contributed by atoms with van der Waals surface area (Å²) in [4.78, 5) is 11.1. The standard InChI is InChI=1S/C11H17NO3/c1-3-9(7-11(13)14-2)12-8-10-5-4-6-15-10/h4-6,9,12H,3,7-8H2,1-2H3. The van der Waals surface area contributed by atoms with Gasteiger partial charge >= 0.3 is 5.97 Å². The lowest BCUT2D eigenvalue weighted by atomic mass is 10.1. The van der Waals surface area contributed by atoms with E-state index in [4.69, 9.17) is 4.42 Å². The van der Waals surface area contributed by atoms with Gasteiger partial charge in [-0.3, -0.25) is 4.79 Å². The van der Waals surface area contributed by atoms with E-state index in [1.807, 2.05) is 19.1 Å². The Morgan fingerprint density at radius 2 is 2.47 bits per heavy atom. The summed E-state index contributed by atoms with van der Waals surface area (Å²) in [5.74, 6) is 0.687. The molecule has 0 fully saturated rings. The van der Waals surface area contributed by atoms with Crippen LogP contribution in [0.3, 0.4) is 0 Å². The van der Waals surface area contributed by atoms with Crippen molar-refractivity contribution in [3.63, 3.8) is 0 Å². The Morgan fingerprint density at radius 3 is 3.00 bits per heavy atom. The van der Waals surface area contributed by atoms with Crippen molar-refractivity contribution in [3.05, 3.63) is 24.2 Å². The number of hydrogen-bond donors (Lipinski definition) is 1. The second-order valence-corrected chi connectivity index (χ2v) is 3.35. The van der Waals surface area contributed by atoms with E-state index >= 15 is 0 Å². The van der Waals surface area contributed by atoms with Crippen LogP contribution in [0.1, 0.15) is 25.5 Å². The van der Waals surface area contributed by atoms with Crippen molar-refractivity contribution in [1.29, 1.82) is 0 Å². The quantitative estimate of drug-likeness (QED) is 0.728. The fourth-order valence-electron chi connectivity index (χ4n) is 1.30. The molecule has 1 aromatic rings. The molecule has 0 aliphatic carbocycles. The molecule has 0 saturated carbocycles. The Balaban J connectivity index is 2.31. The van der Waals surface area contributed by atoms with Gasteiger partial charge in [-0.25, -0.2) is 0 Å². The molecule has 4 nitrogen and oxygen atoms in total. The summed E-state index contributed by atoms with van der Waals surface area (Å²) in [6.07, 6.45) is 2.92. The molecule has 0 bridgehead atoms. The van der Waals surface area contributed by atoms with E-state index in [0.717, 1.165) is 12.2 Å². The largest absolute Gasteiger partial charge is 0.469 e. The van der Waals surface area contributed by atoms with Gasteiger partial charge in [0.15, 0.2) is 0 Å². The zero-order valence-corrected chi connectivity index (χ0v) is 9.16. The fourth-order valence-corrected chi connectivity index (χ4v) is 1.30. The van der Waals surface area contributed by atoms with E-state index in [9.17, 15) is 4.79 Å². The number of ether oxygens (including phenoxy) is 1. The average Bonchev–Trinajstić information content (AvgIpc) is 2.76. The molecule has 0 aliphatic rings.